The van der Waals surface area contributed by atoms with E-state index in [-0.39, 0.29) is 6.04 Å². The van der Waals surface area contributed by atoms with Crippen LogP contribution in [0.4, 0.5) is 5.82 Å². The maximum Gasteiger partial charge on any atom is 0.148 e. The van der Waals surface area contributed by atoms with Gasteiger partial charge >= 0.3 is 0 Å². The summed E-state index contributed by atoms with van der Waals surface area (Å²) in [5.74, 6) is 1.79. The summed E-state index contributed by atoms with van der Waals surface area (Å²) in [6.45, 7) is 9.87. The van der Waals surface area contributed by atoms with Crippen molar-refractivity contribution < 1.29 is 9.47 Å². The fourth-order valence-electron chi connectivity index (χ4n) is 4.00. The third-order valence-corrected chi connectivity index (χ3v) is 5.74. The Hall–Kier alpha value is -2.14. The van der Waals surface area contributed by atoms with Gasteiger partial charge in [-0.15, -0.1) is 0 Å². The molecular weight excluding hydrogens is 362 g/mol. The molecule has 5 heteroatoms. The number of nitrogens with one attached hydrogen (secondary N) is 1. The number of anilines is 1. The average Bonchev–Trinajstić information content (AvgIpc) is 3.22. The van der Waals surface area contributed by atoms with Gasteiger partial charge in [0.15, 0.2) is 0 Å². The number of methoxy groups -OCH3 is 1. The van der Waals surface area contributed by atoms with Crippen molar-refractivity contribution in [1.82, 2.24) is 9.97 Å². The van der Waals surface area contributed by atoms with Gasteiger partial charge in [0.25, 0.3) is 0 Å². The Bertz CT molecular complexity index is 835. The van der Waals surface area contributed by atoms with E-state index in [1.165, 1.54) is 17.5 Å². The highest BCUT2D eigenvalue weighted by Gasteiger charge is 2.21. The smallest absolute Gasteiger partial charge is 0.148 e. The van der Waals surface area contributed by atoms with Gasteiger partial charge in [0.05, 0.1) is 36.8 Å². The highest BCUT2D eigenvalue weighted by Crippen LogP contribution is 2.37. The number of rotatable bonds is 10. The molecule has 2 aromatic rings. The van der Waals surface area contributed by atoms with Gasteiger partial charge in [0.1, 0.15) is 11.6 Å². The molecule has 0 fully saturated rings. The molecule has 0 radical (unpaired) electrons. The van der Waals surface area contributed by atoms with Crippen LogP contribution in [0.3, 0.4) is 0 Å². The van der Waals surface area contributed by atoms with E-state index >= 15 is 0 Å². The maximum atomic E-state index is 5.75. The quantitative estimate of drug-likeness (QED) is 0.612. The normalized spacial score (nSPS) is 14.0. The van der Waals surface area contributed by atoms with E-state index in [1.54, 1.807) is 7.11 Å². The van der Waals surface area contributed by atoms with Crippen LogP contribution in [-0.4, -0.2) is 36.3 Å². The van der Waals surface area contributed by atoms with Gasteiger partial charge in [0, 0.05) is 12.2 Å². The molecule has 1 N–H and O–H groups in total. The summed E-state index contributed by atoms with van der Waals surface area (Å²) >= 11 is 0. The lowest BCUT2D eigenvalue weighted by Gasteiger charge is -2.21. The molecule has 0 amide bonds. The van der Waals surface area contributed by atoms with E-state index in [0.29, 0.717) is 6.61 Å². The number of hydrogen-bond donors (Lipinski definition) is 1. The van der Waals surface area contributed by atoms with E-state index in [1.807, 2.05) is 6.92 Å². The largest absolute Gasteiger partial charge is 0.496 e. The molecule has 0 saturated carbocycles. The molecule has 158 valence electrons. The van der Waals surface area contributed by atoms with Crippen LogP contribution >= 0.6 is 0 Å². The molecule has 1 unspecified atom stereocenters. The summed E-state index contributed by atoms with van der Waals surface area (Å²) < 4.78 is 11.4. The standard InChI is InChI=1S/C24H35N3O2/c1-6-18(15-29-9-4)25-24-21(8-3)26-23(20(7-2)27-24)19-13-16-11-10-12-17(16)14-22(19)28-5/h13-14,18H,6-12,15H2,1-5H3,(H,25,27). The van der Waals surface area contributed by atoms with Gasteiger partial charge in [-0.25, -0.2) is 9.97 Å². The van der Waals surface area contributed by atoms with Crippen molar-refractivity contribution in [3.63, 3.8) is 0 Å². The van der Waals surface area contributed by atoms with Crippen LogP contribution in [0.25, 0.3) is 11.3 Å². The van der Waals surface area contributed by atoms with E-state index < -0.39 is 0 Å². The molecule has 1 aromatic heterocycles. The molecule has 1 atom stereocenters. The Balaban J connectivity index is 2.03. The summed E-state index contributed by atoms with van der Waals surface area (Å²) in [6.07, 6.45) is 6.12. The summed E-state index contributed by atoms with van der Waals surface area (Å²) in [4.78, 5) is 10.1. The Morgan fingerprint density at radius 3 is 2.34 bits per heavy atom. The monoisotopic (exact) mass is 397 g/mol. The minimum Gasteiger partial charge on any atom is -0.496 e. The highest BCUT2D eigenvalue weighted by molar-refractivity contribution is 5.72. The van der Waals surface area contributed by atoms with Gasteiger partial charge in [-0.1, -0.05) is 20.8 Å². The van der Waals surface area contributed by atoms with E-state index in [4.69, 9.17) is 19.4 Å². The first kappa shape index (κ1) is 21.6. The Labute approximate surface area is 175 Å². The average molecular weight is 398 g/mol. The lowest BCUT2D eigenvalue weighted by atomic mass is 10.0. The number of aryl methyl sites for hydroxylation is 4. The van der Waals surface area contributed by atoms with Crippen molar-refractivity contribution in [1.29, 1.82) is 0 Å². The minimum absolute atomic E-state index is 0.236. The second-order valence-electron chi connectivity index (χ2n) is 7.61. The molecule has 1 aliphatic carbocycles. The first-order valence-electron chi connectivity index (χ1n) is 11.1. The number of fused-ring (bicyclic) bond motifs is 1. The van der Waals surface area contributed by atoms with Gasteiger partial charge in [-0.05, 0) is 68.7 Å². The molecule has 0 saturated heterocycles. The fraction of sp³-hybridized carbons (Fsp3) is 0.583. The maximum absolute atomic E-state index is 5.75. The topological polar surface area (TPSA) is 56.3 Å². The zero-order valence-electron chi connectivity index (χ0n) is 18.6. The second kappa shape index (κ2) is 10.1. The number of nitrogens with zero attached hydrogens (tertiary/aromatic N) is 2. The van der Waals surface area contributed by atoms with Gasteiger partial charge in [0.2, 0.25) is 0 Å². The fourth-order valence-corrected chi connectivity index (χ4v) is 4.00. The first-order chi connectivity index (χ1) is 14.1. The highest BCUT2D eigenvalue weighted by atomic mass is 16.5. The Morgan fingerprint density at radius 2 is 1.72 bits per heavy atom. The van der Waals surface area contributed by atoms with Crippen LogP contribution in [0.5, 0.6) is 5.75 Å². The molecule has 0 aliphatic heterocycles. The number of hydrogen-bond acceptors (Lipinski definition) is 5. The molecule has 3 rings (SSSR count). The van der Waals surface area contributed by atoms with Gasteiger partial charge < -0.3 is 14.8 Å². The molecular formula is C24H35N3O2. The number of aromatic nitrogens is 2. The van der Waals surface area contributed by atoms with Crippen LogP contribution in [0.2, 0.25) is 0 Å². The summed E-state index contributed by atoms with van der Waals surface area (Å²) in [5.41, 5.74) is 6.86. The zero-order chi connectivity index (χ0) is 20.8. The van der Waals surface area contributed by atoms with Crippen molar-refractivity contribution in [2.75, 3.05) is 25.6 Å². The van der Waals surface area contributed by atoms with Gasteiger partial charge in [-0.2, -0.15) is 0 Å². The van der Waals surface area contributed by atoms with E-state index in [2.05, 4.69) is 38.2 Å². The molecule has 29 heavy (non-hydrogen) atoms. The van der Waals surface area contributed by atoms with Crippen molar-refractivity contribution in [3.8, 4) is 17.0 Å². The lowest BCUT2D eigenvalue weighted by molar-refractivity contribution is 0.136. The Morgan fingerprint density at radius 1 is 1.00 bits per heavy atom. The van der Waals surface area contributed by atoms with E-state index in [9.17, 15) is 0 Å². The predicted octanol–water partition coefficient (Wildman–Crippen LogP) is 4.99. The Kier molecular flexibility index (Phi) is 7.48. The van der Waals surface area contributed by atoms with Crippen molar-refractivity contribution in [3.05, 3.63) is 34.6 Å². The van der Waals surface area contributed by atoms with Crippen molar-refractivity contribution in [2.24, 2.45) is 0 Å². The number of benzene rings is 1. The van der Waals surface area contributed by atoms with Crippen molar-refractivity contribution in [2.45, 2.75) is 72.3 Å². The number of ether oxygens (including phenoxy) is 2. The summed E-state index contributed by atoms with van der Waals surface area (Å²) in [7, 11) is 1.75. The third kappa shape index (κ3) is 4.72. The van der Waals surface area contributed by atoms with Crippen molar-refractivity contribution >= 4 is 5.82 Å². The molecule has 0 bridgehead atoms. The van der Waals surface area contributed by atoms with Crippen LogP contribution in [0, 0.1) is 0 Å². The van der Waals surface area contributed by atoms with Crippen LogP contribution in [-0.2, 0) is 30.4 Å². The summed E-state index contributed by atoms with van der Waals surface area (Å²) in [5, 5.41) is 3.58. The molecule has 5 nitrogen and oxygen atoms in total. The molecule has 1 aromatic carbocycles. The SMILES string of the molecule is CCOCC(CC)Nc1nc(CC)c(-c2cc3c(cc2OC)CCC3)nc1CC. The second-order valence-corrected chi connectivity index (χ2v) is 7.61. The third-order valence-electron chi connectivity index (χ3n) is 5.74. The zero-order valence-corrected chi connectivity index (χ0v) is 18.6. The van der Waals surface area contributed by atoms with Crippen LogP contribution < -0.4 is 10.1 Å². The summed E-state index contributed by atoms with van der Waals surface area (Å²) in [6, 6.07) is 4.71. The minimum atomic E-state index is 0.236. The van der Waals surface area contributed by atoms with Crippen LogP contribution in [0.1, 0.15) is 63.1 Å². The van der Waals surface area contributed by atoms with Gasteiger partial charge in [-0.3, -0.25) is 0 Å². The molecule has 0 spiro atoms. The predicted molar refractivity (Wildman–Crippen MR) is 119 cm³/mol. The first-order valence-corrected chi connectivity index (χ1v) is 11.1. The molecule has 1 aliphatic rings. The lowest BCUT2D eigenvalue weighted by Crippen LogP contribution is -2.26. The van der Waals surface area contributed by atoms with Crippen LogP contribution in [0.15, 0.2) is 12.1 Å². The van der Waals surface area contributed by atoms with E-state index in [0.717, 1.165) is 72.9 Å². The molecule has 1 heterocycles.